The van der Waals surface area contributed by atoms with Gasteiger partial charge in [0.05, 0.1) is 0 Å². The molecule has 26 heavy (non-hydrogen) atoms. The second-order valence-electron chi connectivity index (χ2n) is 6.62. The van der Waals surface area contributed by atoms with Gasteiger partial charge in [-0.1, -0.05) is 55.5 Å². The fraction of sp³-hybridized carbons (Fsp3) is 0.217. The lowest BCUT2D eigenvalue weighted by atomic mass is 9.83. The van der Waals surface area contributed by atoms with Crippen LogP contribution in [0, 0.1) is 0 Å². The van der Waals surface area contributed by atoms with Crippen molar-refractivity contribution in [3.05, 3.63) is 77.4 Å². The molecule has 0 atom stereocenters. The summed E-state index contributed by atoms with van der Waals surface area (Å²) in [6, 6.07) is 20.1. The molecule has 0 unspecified atom stereocenters. The number of ether oxygens (including phenoxy) is 1. The number of alkyl halides is 2. The van der Waals surface area contributed by atoms with Crippen molar-refractivity contribution in [3.8, 4) is 28.0 Å². The van der Waals surface area contributed by atoms with Crippen LogP contribution in [0.15, 0.2) is 60.7 Å². The topological polar surface area (TPSA) is 9.23 Å². The van der Waals surface area contributed by atoms with Crippen LogP contribution in [0.3, 0.4) is 0 Å². The lowest BCUT2D eigenvalue weighted by molar-refractivity contribution is -0.0498. The van der Waals surface area contributed by atoms with Crippen LogP contribution in [0.2, 0.25) is 0 Å². The van der Waals surface area contributed by atoms with Crippen LogP contribution < -0.4 is 4.74 Å². The van der Waals surface area contributed by atoms with Crippen LogP contribution in [0.25, 0.3) is 22.3 Å². The van der Waals surface area contributed by atoms with E-state index >= 15 is 0 Å². The summed E-state index contributed by atoms with van der Waals surface area (Å²) in [4.78, 5) is 0. The minimum Gasteiger partial charge on any atom is -0.435 e. The Morgan fingerprint density at radius 2 is 1.42 bits per heavy atom. The molecule has 0 N–H and O–H groups in total. The zero-order valence-electron chi connectivity index (χ0n) is 14.6. The van der Waals surface area contributed by atoms with Gasteiger partial charge in [0, 0.05) is 0 Å². The summed E-state index contributed by atoms with van der Waals surface area (Å²) in [6.07, 6.45) is 3.14. The average Bonchev–Trinajstić information content (AvgIpc) is 2.67. The summed E-state index contributed by atoms with van der Waals surface area (Å²) in [6.45, 7) is -0.611. The molecule has 1 aliphatic rings. The van der Waals surface area contributed by atoms with Crippen LogP contribution in [0.5, 0.6) is 5.75 Å². The van der Waals surface area contributed by atoms with Gasteiger partial charge in [-0.2, -0.15) is 8.78 Å². The van der Waals surface area contributed by atoms with Gasteiger partial charge in [-0.15, -0.1) is 0 Å². The van der Waals surface area contributed by atoms with Gasteiger partial charge in [0.1, 0.15) is 5.75 Å². The minimum absolute atomic E-state index is 0.183. The molecule has 0 heterocycles. The predicted octanol–water partition coefficient (Wildman–Crippen LogP) is 6.28. The van der Waals surface area contributed by atoms with Crippen molar-refractivity contribution < 1.29 is 13.5 Å². The Labute approximate surface area is 152 Å². The molecule has 0 fully saturated rings. The van der Waals surface area contributed by atoms with Gasteiger partial charge < -0.3 is 4.74 Å². The molecule has 1 nitrogen and oxygen atoms in total. The van der Waals surface area contributed by atoms with E-state index in [1.807, 2.05) is 12.1 Å². The van der Waals surface area contributed by atoms with Gasteiger partial charge in [-0.25, -0.2) is 0 Å². The second kappa shape index (κ2) is 6.91. The number of halogens is 2. The summed E-state index contributed by atoms with van der Waals surface area (Å²) < 4.78 is 29.0. The molecule has 3 aromatic rings. The first-order valence-corrected chi connectivity index (χ1v) is 8.94. The maximum Gasteiger partial charge on any atom is 0.387 e. The molecule has 3 heteroatoms. The van der Waals surface area contributed by atoms with Crippen molar-refractivity contribution in [2.75, 3.05) is 0 Å². The Hall–Kier alpha value is -2.68. The third-order valence-electron chi connectivity index (χ3n) is 5.05. The van der Waals surface area contributed by atoms with Crippen LogP contribution in [0.1, 0.15) is 23.6 Å². The molecule has 0 amide bonds. The molecule has 0 saturated heterocycles. The monoisotopic (exact) mass is 350 g/mol. The molecule has 0 aliphatic heterocycles. The maximum atomic E-state index is 12.3. The Bertz CT molecular complexity index is 929. The van der Waals surface area contributed by atoms with E-state index in [0.717, 1.165) is 30.4 Å². The molecular formula is C23H20F2O. The Morgan fingerprint density at radius 1 is 0.808 bits per heavy atom. The van der Waals surface area contributed by atoms with Crippen LogP contribution in [0.4, 0.5) is 8.78 Å². The first-order chi connectivity index (χ1) is 12.6. The van der Waals surface area contributed by atoms with Gasteiger partial charge in [-0.3, -0.25) is 0 Å². The number of hydrogen-bond acceptors (Lipinski definition) is 1. The molecule has 3 aromatic carbocycles. The van der Waals surface area contributed by atoms with Gasteiger partial charge >= 0.3 is 6.61 Å². The van der Waals surface area contributed by atoms with Gasteiger partial charge in [0.2, 0.25) is 0 Å². The molecule has 0 bridgehead atoms. The van der Waals surface area contributed by atoms with E-state index in [1.54, 1.807) is 12.1 Å². The van der Waals surface area contributed by atoms with Gasteiger partial charge in [0.25, 0.3) is 0 Å². The molecule has 0 spiro atoms. The Balaban J connectivity index is 1.65. The third kappa shape index (κ3) is 3.22. The minimum atomic E-state index is -2.79. The number of fused-ring (bicyclic) bond motifs is 3. The number of aryl methyl sites for hydroxylation is 3. The van der Waals surface area contributed by atoms with Gasteiger partial charge in [-0.05, 0) is 70.3 Å². The molecule has 4 rings (SSSR count). The van der Waals surface area contributed by atoms with Crippen molar-refractivity contribution in [1.29, 1.82) is 0 Å². The molecule has 132 valence electrons. The first-order valence-electron chi connectivity index (χ1n) is 8.94. The van der Waals surface area contributed by atoms with Crippen molar-refractivity contribution in [2.45, 2.75) is 32.8 Å². The van der Waals surface area contributed by atoms with Gasteiger partial charge in [0.15, 0.2) is 0 Å². The largest absolute Gasteiger partial charge is 0.435 e. The summed E-state index contributed by atoms with van der Waals surface area (Å²) in [5.74, 6) is 0.183. The fourth-order valence-electron chi connectivity index (χ4n) is 3.68. The Morgan fingerprint density at radius 3 is 2.08 bits per heavy atom. The van der Waals surface area contributed by atoms with E-state index in [1.165, 1.54) is 27.8 Å². The smallest absolute Gasteiger partial charge is 0.387 e. The van der Waals surface area contributed by atoms with Crippen LogP contribution >= 0.6 is 0 Å². The van der Waals surface area contributed by atoms with E-state index < -0.39 is 6.61 Å². The molecule has 0 saturated carbocycles. The molecule has 0 aromatic heterocycles. The highest BCUT2D eigenvalue weighted by Crippen LogP contribution is 2.36. The van der Waals surface area contributed by atoms with E-state index in [4.69, 9.17) is 0 Å². The first kappa shape index (κ1) is 16.8. The fourth-order valence-corrected chi connectivity index (χ4v) is 3.68. The SMILES string of the molecule is CCc1ccc2c(c1)CCc1cc(-c3ccc(OC(F)F)cc3)ccc1-2. The summed E-state index contributed by atoms with van der Waals surface area (Å²) in [5.41, 5.74) is 8.88. The Kier molecular flexibility index (Phi) is 4.46. The standard InChI is InChI=1S/C23H20F2O/c1-2-15-3-11-21-18(13-15)4-5-19-14-17(8-12-22(19)21)16-6-9-20(10-7-16)26-23(24)25/h3,6-14,23H,2,4-5H2,1H3. The van der Waals surface area contributed by atoms with E-state index in [-0.39, 0.29) is 5.75 Å². The third-order valence-corrected chi connectivity index (χ3v) is 5.05. The van der Waals surface area contributed by atoms with Crippen molar-refractivity contribution >= 4 is 0 Å². The highest BCUT2D eigenvalue weighted by Gasteiger charge is 2.17. The number of rotatable bonds is 4. The molecule has 0 radical (unpaired) electrons. The molecular weight excluding hydrogens is 330 g/mol. The average molecular weight is 350 g/mol. The summed E-state index contributed by atoms with van der Waals surface area (Å²) in [7, 11) is 0. The van der Waals surface area contributed by atoms with Crippen LogP contribution in [-0.4, -0.2) is 6.61 Å². The zero-order chi connectivity index (χ0) is 18.1. The lowest BCUT2D eigenvalue weighted by Gasteiger charge is -2.21. The van der Waals surface area contributed by atoms with Crippen molar-refractivity contribution in [3.63, 3.8) is 0 Å². The quantitative estimate of drug-likeness (QED) is 0.538. The summed E-state index contributed by atoms with van der Waals surface area (Å²) >= 11 is 0. The highest BCUT2D eigenvalue weighted by atomic mass is 19.3. The normalized spacial score (nSPS) is 12.6. The van der Waals surface area contributed by atoms with E-state index in [0.29, 0.717) is 0 Å². The molecule has 1 aliphatic carbocycles. The van der Waals surface area contributed by atoms with Crippen LogP contribution in [-0.2, 0) is 19.3 Å². The second-order valence-corrected chi connectivity index (χ2v) is 6.62. The number of benzene rings is 3. The van der Waals surface area contributed by atoms with E-state index in [2.05, 4.69) is 48.1 Å². The maximum absolute atomic E-state index is 12.3. The zero-order valence-corrected chi connectivity index (χ0v) is 14.6. The van der Waals surface area contributed by atoms with Crippen molar-refractivity contribution in [2.24, 2.45) is 0 Å². The number of hydrogen-bond donors (Lipinski definition) is 0. The predicted molar refractivity (Wildman–Crippen MR) is 101 cm³/mol. The highest BCUT2D eigenvalue weighted by molar-refractivity contribution is 5.77. The summed E-state index contributed by atoms with van der Waals surface area (Å²) in [5, 5.41) is 0. The van der Waals surface area contributed by atoms with Crippen molar-refractivity contribution in [1.82, 2.24) is 0 Å². The lowest BCUT2D eigenvalue weighted by Crippen LogP contribution is -2.05. The van der Waals surface area contributed by atoms with E-state index in [9.17, 15) is 8.78 Å².